The van der Waals surface area contributed by atoms with Gasteiger partial charge in [0.2, 0.25) is 11.7 Å². The Hall–Kier alpha value is -3.00. The zero-order valence-electron chi connectivity index (χ0n) is 17.2. The minimum absolute atomic E-state index is 0.137. The number of amides is 2. The Labute approximate surface area is 180 Å². The average Bonchev–Trinajstić information content (AvgIpc) is 3.19. The van der Waals surface area contributed by atoms with E-state index in [-0.39, 0.29) is 17.6 Å². The van der Waals surface area contributed by atoms with Crippen LogP contribution < -0.4 is 9.47 Å². The fourth-order valence-corrected chi connectivity index (χ4v) is 3.42. The fraction of sp³-hybridized carbons (Fsp3) is 0.381. The number of halogens is 1. The molecule has 8 nitrogen and oxygen atoms in total. The van der Waals surface area contributed by atoms with Crippen molar-refractivity contribution in [1.29, 1.82) is 0 Å². The van der Waals surface area contributed by atoms with Gasteiger partial charge in [0.1, 0.15) is 0 Å². The molecule has 9 heteroatoms. The van der Waals surface area contributed by atoms with Crippen molar-refractivity contribution in [1.82, 2.24) is 15.0 Å². The minimum Gasteiger partial charge on any atom is -0.493 e. The van der Waals surface area contributed by atoms with Crippen LogP contribution in [0.15, 0.2) is 28.8 Å². The van der Waals surface area contributed by atoms with Crippen molar-refractivity contribution in [2.45, 2.75) is 13.8 Å². The van der Waals surface area contributed by atoms with Crippen LogP contribution in [-0.2, 0) is 4.79 Å². The third kappa shape index (κ3) is 4.94. The van der Waals surface area contributed by atoms with E-state index in [4.69, 9.17) is 25.6 Å². The molecule has 1 fully saturated rings. The van der Waals surface area contributed by atoms with Crippen LogP contribution in [-0.4, -0.2) is 66.7 Å². The van der Waals surface area contributed by atoms with Gasteiger partial charge < -0.3 is 23.8 Å². The standard InChI is InChI=1S/C21H24ClN3O5/c1-4-29-20-16(22)12-15(13-17(20)28-3)5-6-19(26)24-7-9-25(10-8-24)21(27)18-11-14(2)23-30-18/h5-6,11-13H,4,7-10H2,1-3H3/b6-5+. The second-order valence-electron chi connectivity index (χ2n) is 6.75. The molecule has 1 aromatic carbocycles. The highest BCUT2D eigenvalue weighted by molar-refractivity contribution is 6.32. The lowest BCUT2D eigenvalue weighted by molar-refractivity contribution is -0.127. The Balaban J connectivity index is 1.60. The van der Waals surface area contributed by atoms with E-state index in [1.165, 1.54) is 13.2 Å². The van der Waals surface area contributed by atoms with Crippen LogP contribution in [0.4, 0.5) is 0 Å². The van der Waals surface area contributed by atoms with Gasteiger partial charge in [0, 0.05) is 38.3 Å². The highest BCUT2D eigenvalue weighted by Crippen LogP contribution is 2.36. The molecule has 0 aliphatic carbocycles. The van der Waals surface area contributed by atoms with Crippen LogP contribution in [0, 0.1) is 6.92 Å². The number of carbonyl (C=O) groups excluding carboxylic acids is 2. The Morgan fingerprint density at radius 3 is 2.50 bits per heavy atom. The number of piperazine rings is 1. The van der Waals surface area contributed by atoms with Crippen LogP contribution in [0.5, 0.6) is 11.5 Å². The third-order valence-electron chi connectivity index (χ3n) is 4.68. The van der Waals surface area contributed by atoms with E-state index in [1.54, 1.807) is 41.0 Å². The molecule has 2 aromatic rings. The number of aromatic nitrogens is 1. The zero-order valence-corrected chi connectivity index (χ0v) is 17.9. The molecule has 0 unspecified atom stereocenters. The number of aryl methyl sites for hydroxylation is 1. The van der Waals surface area contributed by atoms with Crippen LogP contribution in [0.2, 0.25) is 5.02 Å². The van der Waals surface area contributed by atoms with Crippen LogP contribution in [0.3, 0.4) is 0 Å². The smallest absolute Gasteiger partial charge is 0.292 e. The summed E-state index contributed by atoms with van der Waals surface area (Å²) in [6.45, 7) is 5.83. The highest BCUT2D eigenvalue weighted by atomic mass is 35.5. The third-order valence-corrected chi connectivity index (χ3v) is 4.96. The summed E-state index contributed by atoms with van der Waals surface area (Å²) in [7, 11) is 1.54. The van der Waals surface area contributed by atoms with E-state index in [2.05, 4.69) is 5.16 Å². The fourth-order valence-electron chi connectivity index (χ4n) is 3.14. The molecule has 3 rings (SSSR count). The molecule has 0 N–H and O–H groups in total. The topological polar surface area (TPSA) is 85.1 Å². The zero-order chi connectivity index (χ0) is 21.7. The minimum atomic E-state index is -0.214. The number of methoxy groups -OCH3 is 1. The molecule has 2 heterocycles. The van der Waals surface area contributed by atoms with Crippen LogP contribution in [0.25, 0.3) is 6.08 Å². The Bertz CT molecular complexity index is 948. The number of ether oxygens (including phenoxy) is 2. The number of rotatable bonds is 6. The monoisotopic (exact) mass is 433 g/mol. The Kier molecular flexibility index (Phi) is 6.99. The normalized spacial score (nSPS) is 14.3. The van der Waals surface area contributed by atoms with Gasteiger partial charge in [-0.25, -0.2) is 0 Å². The lowest BCUT2D eigenvalue weighted by Gasteiger charge is -2.33. The van der Waals surface area contributed by atoms with Crippen molar-refractivity contribution in [3.8, 4) is 11.5 Å². The number of nitrogens with zero attached hydrogens (tertiary/aromatic N) is 3. The summed E-state index contributed by atoms with van der Waals surface area (Å²) in [5.41, 5.74) is 1.38. The van der Waals surface area contributed by atoms with Gasteiger partial charge in [-0.2, -0.15) is 0 Å². The number of benzene rings is 1. The van der Waals surface area contributed by atoms with E-state index in [1.807, 2.05) is 6.92 Å². The van der Waals surface area contributed by atoms with E-state index in [0.29, 0.717) is 55.0 Å². The predicted molar refractivity (Wildman–Crippen MR) is 112 cm³/mol. The predicted octanol–water partition coefficient (Wildman–Crippen LogP) is 3.04. The summed E-state index contributed by atoms with van der Waals surface area (Å²) >= 11 is 6.27. The second kappa shape index (κ2) is 9.67. The van der Waals surface area contributed by atoms with Crippen LogP contribution in [0.1, 0.15) is 28.7 Å². The first-order chi connectivity index (χ1) is 14.4. The van der Waals surface area contributed by atoms with Crippen molar-refractivity contribution < 1.29 is 23.6 Å². The molecular formula is C21H24ClN3O5. The van der Waals surface area contributed by atoms with Gasteiger partial charge in [0.15, 0.2) is 11.5 Å². The SMILES string of the molecule is CCOc1c(Cl)cc(/C=C/C(=O)N2CCN(C(=O)c3cc(C)no3)CC2)cc1OC. The molecular weight excluding hydrogens is 410 g/mol. The quantitative estimate of drug-likeness (QED) is 0.651. The molecule has 0 spiro atoms. The largest absolute Gasteiger partial charge is 0.493 e. The van der Waals surface area contributed by atoms with Gasteiger partial charge in [-0.05, 0) is 37.6 Å². The maximum Gasteiger partial charge on any atom is 0.292 e. The summed E-state index contributed by atoms with van der Waals surface area (Å²) in [5, 5.41) is 4.16. The Morgan fingerprint density at radius 2 is 1.90 bits per heavy atom. The summed E-state index contributed by atoms with van der Waals surface area (Å²) in [5.74, 6) is 0.851. The van der Waals surface area contributed by atoms with E-state index in [9.17, 15) is 9.59 Å². The second-order valence-corrected chi connectivity index (χ2v) is 7.16. The maximum atomic E-state index is 12.5. The molecule has 2 amide bonds. The number of hydrogen-bond donors (Lipinski definition) is 0. The number of hydrogen-bond acceptors (Lipinski definition) is 6. The van der Waals surface area contributed by atoms with E-state index >= 15 is 0 Å². The number of carbonyl (C=O) groups is 2. The van der Waals surface area contributed by atoms with Crippen molar-refractivity contribution >= 4 is 29.5 Å². The van der Waals surface area contributed by atoms with Gasteiger partial charge in [-0.15, -0.1) is 0 Å². The summed E-state index contributed by atoms with van der Waals surface area (Å²) in [6.07, 6.45) is 3.17. The molecule has 0 radical (unpaired) electrons. The van der Waals surface area contributed by atoms with Gasteiger partial charge in [-0.3, -0.25) is 9.59 Å². The molecule has 0 atom stereocenters. The molecule has 0 bridgehead atoms. The lowest BCUT2D eigenvalue weighted by Crippen LogP contribution is -2.50. The molecule has 30 heavy (non-hydrogen) atoms. The molecule has 160 valence electrons. The van der Waals surface area contributed by atoms with Crippen molar-refractivity contribution in [2.75, 3.05) is 39.9 Å². The molecule has 1 aromatic heterocycles. The first-order valence-corrected chi connectivity index (χ1v) is 10.0. The van der Waals surface area contributed by atoms with Gasteiger partial charge in [-0.1, -0.05) is 16.8 Å². The first kappa shape index (κ1) is 21.7. The maximum absolute atomic E-state index is 12.5. The molecule has 0 saturated carbocycles. The first-order valence-electron chi connectivity index (χ1n) is 9.62. The van der Waals surface area contributed by atoms with E-state index in [0.717, 1.165) is 5.56 Å². The molecule has 1 aliphatic rings. The molecule has 1 saturated heterocycles. The highest BCUT2D eigenvalue weighted by Gasteiger charge is 2.26. The lowest BCUT2D eigenvalue weighted by atomic mass is 10.1. The Morgan fingerprint density at radius 1 is 1.20 bits per heavy atom. The van der Waals surface area contributed by atoms with Gasteiger partial charge >= 0.3 is 0 Å². The van der Waals surface area contributed by atoms with Gasteiger partial charge in [0.25, 0.3) is 5.91 Å². The average molecular weight is 434 g/mol. The van der Waals surface area contributed by atoms with Crippen molar-refractivity contribution in [3.63, 3.8) is 0 Å². The van der Waals surface area contributed by atoms with Crippen LogP contribution >= 0.6 is 11.6 Å². The summed E-state index contributed by atoms with van der Waals surface area (Å²) < 4.78 is 15.9. The van der Waals surface area contributed by atoms with Crippen molar-refractivity contribution in [3.05, 3.63) is 46.3 Å². The summed E-state index contributed by atoms with van der Waals surface area (Å²) in [4.78, 5) is 28.3. The van der Waals surface area contributed by atoms with Gasteiger partial charge in [0.05, 0.1) is 24.4 Å². The van der Waals surface area contributed by atoms with Crippen molar-refractivity contribution in [2.24, 2.45) is 0 Å². The summed E-state index contributed by atoms with van der Waals surface area (Å²) in [6, 6.07) is 5.09. The molecule has 1 aliphatic heterocycles. The van der Waals surface area contributed by atoms with E-state index < -0.39 is 0 Å².